The largest absolute Gasteiger partial charge is 0.461 e. The summed E-state index contributed by atoms with van der Waals surface area (Å²) in [7, 11) is 0. The molecule has 0 saturated heterocycles. The van der Waals surface area contributed by atoms with E-state index in [1.807, 2.05) is 0 Å². The topological polar surface area (TPSA) is 26.3 Å². The summed E-state index contributed by atoms with van der Waals surface area (Å²) in [6.07, 6.45) is 24.9. The van der Waals surface area contributed by atoms with Crippen molar-refractivity contribution in [2.24, 2.45) is 0 Å². The van der Waals surface area contributed by atoms with Gasteiger partial charge in [0.05, 0.1) is 6.61 Å². The highest BCUT2D eigenvalue weighted by molar-refractivity contribution is 5.79. The Bertz CT molecular complexity index is 609. The number of carbonyl (C=O) groups is 1. The molecule has 246 valence electrons. The van der Waals surface area contributed by atoms with Gasteiger partial charge in [0, 0.05) is 0 Å². The van der Waals surface area contributed by atoms with Crippen LogP contribution in [0, 0.1) is 0 Å². The lowest BCUT2D eigenvalue weighted by Gasteiger charge is -2.26. The number of ether oxygens (including phenoxy) is 1. The highest BCUT2D eigenvalue weighted by Crippen LogP contribution is 2.47. The monoisotopic (exact) mass is 606 g/mol. The second-order valence-electron chi connectivity index (χ2n) is 11.6. The van der Waals surface area contributed by atoms with Crippen molar-refractivity contribution in [2.75, 3.05) is 6.61 Å². The van der Waals surface area contributed by atoms with Crippen LogP contribution in [-0.4, -0.2) is 30.6 Å². The summed E-state index contributed by atoms with van der Waals surface area (Å²) in [5.41, 5.74) is 0. The van der Waals surface area contributed by atoms with Crippen LogP contribution in [0.5, 0.6) is 0 Å². The van der Waals surface area contributed by atoms with Crippen LogP contribution in [0.3, 0.4) is 0 Å². The van der Waals surface area contributed by atoms with E-state index in [0.29, 0.717) is 6.42 Å². The first-order valence-corrected chi connectivity index (χ1v) is 16.5. The van der Waals surface area contributed by atoms with Crippen LogP contribution < -0.4 is 0 Å². The Balaban J connectivity index is 3.36. The van der Waals surface area contributed by atoms with E-state index in [-0.39, 0.29) is 6.42 Å². The average molecular weight is 607 g/mol. The molecule has 0 unspecified atom stereocenters. The first-order valence-electron chi connectivity index (χ1n) is 16.5. The number of esters is 1. The van der Waals surface area contributed by atoms with Gasteiger partial charge in [0.25, 0.3) is 0 Å². The molecule has 9 heteroatoms. The second kappa shape index (κ2) is 24.4. The third-order valence-electron chi connectivity index (χ3n) is 7.74. The van der Waals surface area contributed by atoms with Gasteiger partial charge < -0.3 is 4.74 Å². The molecular formula is C32H57F7O2. The summed E-state index contributed by atoms with van der Waals surface area (Å²) < 4.78 is 92.1. The molecule has 0 aliphatic heterocycles. The zero-order valence-electron chi connectivity index (χ0n) is 25.6. The summed E-state index contributed by atoms with van der Waals surface area (Å²) in [5, 5.41) is 0. The van der Waals surface area contributed by atoms with E-state index < -0.39 is 30.6 Å². The Labute approximate surface area is 244 Å². The third-order valence-corrected chi connectivity index (χ3v) is 7.74. The van der Waals surface area contributed by atoms with Crippen LogP contribution in [0.2, 0.25) is 0 Å². The summed E-state index contributed by atoms with van der Waals surface area (Å²) >= 11 is 0. The maximum atomic E-state index is 13.1. The molecule has 0 fully saturated rings. The van der Waals surface area contributed by atoms with Gasteiger partial charge in [0.1, 0.15) is 0 Å². The molecule has 0 bridgehead atoms. The number of alkyl halides is 7. The van der Waals surface area contributed by atoms with E-state index in [2.05, 4.69) is 11.7 Å². The standard InChI is InChI=1S/C32H57F7O2/c1-2-3-4-5-6-7-8-9-10-11-12-13-14-15-16-17-18-19-20-21-22-23-24-25-26-27-28-41-29(40)30(33,34)31(35,36)32(37,38)39/h2-28H2,1H3. The Kier molecular flexibility index (Phi) is 23.8. The minimum atomic E-state index is -6.54. The molecule has 2 nitrogen and oxygen atoms in total. The van der Waals surface area contributed by atoms with E-state index >= 15 is 0 Å². The molecule has 0 aromatic carbocycles. The van der Waals surface area contributed by atoms with Crippen LogP contribution in [-0.2, 0) is 9.53 Å². The van der Waals surface area contributed by atoms with Crippen molar-refractivity contribution in [3.05, 3.63) is 0 Å². The highest BCUT2D eigenvalue weighted by atomic mass is 19.4. The molecule has 0 rings (SSSR count). The summed E-state index contributed by atoms with van der Waals surface area (Å²) in [6, 6.07) is 0. The maximum Gasteiger partial charge on any atom is 0.460 e. The molecule has 0 heterocycles. The van der Waals surface area contributed by atoms with E-state index in [1.54, 1.807) is 0 Å². The normalized spacial score (nSPS) is 12.7. The van der Waals surface area contributed by atoms with Crippen LogP contribution in [0.25, 0.3) is 0 Å². The quantitative estimate of drug-likeness (QED) is 0.0481. The van der Waals surface area contributed by atoms with Crippen LogP contribution in [0.15, 0.2) is 0 Å². The molecule has 0 aliphatic rings. The van der Waals surface area contributed by atoms with Crippen molar-refractivity contribution in [3.63, 3.8) is 0 Å². The molecule has 0 aromatic heterocycles. The van der Waals surface area contributed by atoms with Crippen molar-refractivity contribution >= 4 is 5.97 Å². The van der Waals surface area contributed by atoms with Crippen molar-refractivity contribution in [2.45, 2.75) is 192 Å². The zero-order valence-corrected chi connectivity index (χ0v) is 25.6. The van der Waals surface area contributed by atoms with Gasteiger partial charge >= 0.3 is 24.0 Å². The molecule has 0 saturated carbocycles. The van der Waals surface area contributed by atoms with Crippen molar-refractivity contribution < 1.29 is 40.3 Å². The van der Waals surface area contributed by atoms with Crippen LogP contribution in [0.4, 0.5) is 30.7 Å². The molecule has 0 aromatic rings. The minimum Gasteiger partial charge on any atom is -0.461 e. The zero-order chi connectivity index (χ0) is 30.9. The second-order valence-corrected chi connectivity index (χ2v) is 11.6. The lowest BCUT2D eigenvalue weighted by atomic mass is 10.0. The first-order chi connectivity index (χ1) is 19.5. The summed E-state index contributed by atoms with van der Waals surface area (Å²) in [6.45, 7) is 1.65. The number of hydrogen-bond acceptors (Lipinski definition) is 2. The average Bonchev–Trinajstić information content (AvgIpc) is 2.91. The highest BCUT2D eigenvalue weighted by Gasteiger charge is 2.77. The van der Waals surface area contributed by atoms with Gasteiger partial charge in [0.2, 0.25) is 0 Å². The Hall–Kier alpha value is -1.02. The van der Waals surface area contributed by atoms with Gasteiger partial charge in [-0.2, -0.15) is 30.7 Å². The minimum absolute atomic E-state index is 0.138. The van der Waals surface area contributed by atoms with Gasteiger partial charge in [-0.15, -0.1) is 0 Å². The molecular weight excluding hydrogens is 549 g/mol. The fourth-order valence-electron chi connectivity index (χ4n) is 4.98. The van der Waals surface area contributed by atoms with E-state index in [9.17, 15) is 35.5 Å². The van der Waals surface area contributed by atoms with E-state index in [1.165, 1.54) is 128 Å². The number of unbranched alkanes of at least 4 members (excludes halogenated alkanes) is 25. The number of hydrogen-bond donors (Lipinski definition) is 0. The van der Waals surface area contributed by atoms with Crippen LogP contribution in [0.1, 0.15) is 174 Å². The van der Waals surface area contributed by atoms with Gasteiger partial charge in [-0.25, -0.2) is 4.79 Å². The fourth-order valence-corrected chi connectivity index (χ4v) is 4.98. The molecule has 0 amide bonds. The maximum absolute atomic E-state index is 13.1. The Morgan fingerprint density at radius 1 is 0.439 bits per heavy atom. The molecule has 0 atom stereocenters. The number of halogens is 7. The number of carbonyl (C=O) groups excluding carboxylic acids is 1. The Morgan fingerprint density at radius 2 is 0.683 bits per heavy atom. The molecule has 0 radical (unpaired) electrons. The van der Waals surface area contributed by atoms with Gasteiger partial charge in [-0.05, 0) is 6.42 Å². The summed E-state index contributed by atoms with van der Waals surface area (Å²) in [4.78, 5) is 11.0. The number of rotatable bonds is 29. The van der Waals surface area contributed by atoms with Crippen molar-refractivity contribution in [3.8, 4) is 0 Å². The predicted octanol–water partition coefficient (Wildman–Crippen LogP) is 12.5. The van der Waals surface area contributed by atoms with Gasteiger partial charge in [-0.1, -0.05) is 167 Å². The lowest BCUT2D eigenvalue weighted by Crippen LogP contribution is -2.56. The molecule has 0 aliphatic carbocycles. The predicted molar refractivity (Wildman–Crippen MR) is 153 cm³/mol. The van der Waals surface area contributed by atoms with E-state index in [0.717, 1.165) is 25.7 Å². The Morgan fingerprint density at radius 3 is 0.927 bits per heavy atom. The van der Waals surface area contributed by atoms with Crippen molar-refractivity contribution in [1.82, 2.24) is 0 Å². The van der Waals surface area contributed by atoms with Crippen molar-refractivity contribution in [1.29, 1.82) is 0 Å². The third kappa shape index (κ3) is 19.7. The SMILES string of the molecule is CCCCCCCCCCCCCCCCCCCCCCCCCCCCOC(=O)C(F)(F)C(F)(F)C(F)(F)F. The first kappa shape index (κ1) is 40.0. The van der Waals surface area contributed by atoms with Gasteiger partial charge in [-0.3, -0.25) is 0 Å². The van der Waals surface area contributed by atoms with E-state index in [4.69, 9.17) is 0 Å². The fraction of sp³-hybridized carbons (Fsp3) is 0.969. The molecule has 41 heavy (non-hydrogen) atoms. The lowest BCUT2D eigenvalue weighted by molar-refractivity contribution is -0.348. The molecule has 0 N–H and O–H groups in total. The van der Waals surface area contributed by atoms with Crippen LogP contribution >= 0.6 is 0 Å². The smallest absolute Gasteiger partial charge is 0.460 e. The molecule has 0 spiro atoms. The summed E-state index contributed by atoms with van der Waals surface area (Å²) in [5.74, 6) is -15.3. The van der Waals surface area contributed by atoms with Gasteiger partial charge in [0.15, 0.2) is 0 Å².